The Morgan fingerprint density at radius 2 is 1.27 bits per heavy atom. The first-order valence-corrected chi connectivity index (χ1v) is 20.6. The molecule has 0 aliphatic heterocycles. The molecule has 6 nitrogen and oxygen atoms in total. The number of hydrogen-bond acceptors (Lipinski definition) is 5. The topological polar surface area (TPSA) is 77.0 Å². The standard InChI is InChI=1S/C45H77NO5/c1-8-42(48)46-35-38(47)36-49-31-25-28-40-39-27-20-19-26-37(39)34-41(40)43(50-32-23-17-13-9-11-15-21-29-44(2,3)4)51-33-24-18-14-10-12-16-22-30-45(5,6)7/h8,19-20,26-27,34,38,40,43,47H,1,9-18,21-25,28-33,35-36H2,2-7H3,(H,46,48). The Labute approximate surface area is 313 Å². The third-order valence-electron chi connectivity index (χ3n) is 9.84. The smallest absolute Gasteiger partial charge is 0.243 e. The van der Waals surface area contributed by atoms with Gasteiger partial charge in [-0.2, -0.15) is 0 Å². The summed E-state index contributed by atoms with van der Waals surface area (Å²) >= 11 is 0. The Morgan fingerprint density at radius 1 is 0.765 bits per heavy atom. The fraction of sp³-hybridized carbons (Fsp3) is 0.756. The van der Waals surface area contributed by atoms with Crippen molar-refractivity contribution in [2.45, 2.75) is 175 Å². The third kappa shape index (κ3) is 22.0. The molecular formula is C45H77NO5. The minimum atomic E-state index is -0.746. The number of benzene rings is 1. The Morgan fingerprint density at radius 3 is 1.80 bits per heavy atom. The van der Waals surface area contributed by atoms with Crippen molar-refractivity contribution < 1.29 is 24.1 Å². The van der Waals surface area contributed by atoms with Crippen LogP contribution in [0.25, 0.3) is 6.08 Å². The van der Waals surface area contributed by atoms with Crippen LogP contribution in [0.3, 0.4) is 0 Å². The quantitative estimate of drug-likeness (QED) is 0.0472. The predicted octanol–water partition coefficient (Wildman–Crippen LogP) is 11.3. The first kappa shape index (κ1) is 45.2. The summed E-state index contributed by atoms with van der Waals surface area (Å²) in [5.74, 6) is -0.0795. The minimum Gasteiger partial charge on any atom is -0.389 e. The van der Waals surface area contributed by atoms with Crippen molar-refractivity contribution in [3.8, 4) is 0 Å². The molecule has 0 bridgehead atoms. The summed E-state index contributed by atoms with van der Waals surface area (Å²) in [6, 6.07) is 8.65. The summed E-state index contributed by atoms with van der Waals surface area (Å²) < 4.78 is 19.0. The molecule has 0 saturated heterocycles. The van der Waals surface area contributed by atoms with Crippen LogP contribution >= 0.6 is 0 Å². The molecular weight excluding hydrogens is 634 g/mol. The Bertz CT molecular complexity index is 1070. The molecule has 0 radical (unpaired) electrons. The van der Waals surface area contributed by atoms with Gasteiger partial charge in [-0.05, 0) is 78.2 Å². The second-order valence-electron chi connectivity index (χ2n) is 17.3. The highest BCUT2D eigenvalue weighted by atomic mass is 16.7. The van der Waals surface area contributed by atoms with Crippen LogP contribution in [0, 0.1) is 10.8 Å². The maximum atomic E-state index is 11.4. The largest absolute Gasteiger partial charge is 0.389 e. The number of rotatable bonds is 30. The van der Waals surface area contributed by atoms with Gasteiger partial charge in [0.1, 0.15) is 0 Å². The van der Waals surface area contributed by atoms with E-state index in [-0.39, 0.29) is 31.3 Å². The van der Waals surface area contributed by atoms with Gasteiger partial charge in [-0.25, -0.2) is 0 Å². The summed E-state index contributed by atoms with van der Waals surface area (Å²) in [6.07, 6.45) is 24.5. The maximum Gasteiger partial charge on any atom is 0.243 e. The molecule has 0 heterocycles. The van der Waals surface area contributed by atoms with Crippen LogP contribution in [0.1, 0.15) is 174 Å². The zero-order valence-corrected chi connectivity index (χ0v) is 33.7. The summed E-state index contributed by atoms with van der Waals surface area (Å²) in [6.45, 7) is 19.8. The molecule has 0 saturated carbocycles. The lowest BCUT2D eigenvalue weighted by Crippen LogP contribution is -2.33. The molecule has 2 rings (SSSR count). The van der Waals surface area contributed by atoms with E-state index in [1.807, 2.05) is 0 Å². The highest BCUT2D eigenvalue weighted by molar-refractivity contribution is 5.86. The van der Waals surface area contributed by atoms with E-state index < -0.39 is 6.10 Å². The number of carbonyl (C=O) groups is 1. The van der Waals surface area contributed by atoms with Crippen molar-refractivity contribution in [2.75, 3.05) is 33.0 Å². The summed E-state index contributed by atoms with van der Waals surface area (Å²) in [7, 11) is 0. The molecule has 2 unspecified atom stereocenters. The second-order valence-corrected chi connectivity index (χ2v) is 17.3. The van der Waals surface area contributed by atoms with E-state index in [4.69, 9.17) is 14.2 Å². The highest BCUT2D eigenvalue weighted by Gasteiger charge is 2.31. The number of hydrogen-bond donors (Lipinski definition) is 2. The molecule has 1 aromatic rings. The van der Waals surface area contributed by atoms with Crippen molar-refractivity contribution in [1.82, 2.24) is 5.32 Å². The van der Waals surface area contributed by atoms with Crippen molar-refractivity contribution in [3.05, 3.63) is 53.6 Å². The van der Waals surface area contributed by atoms with Crippen LogP contribution in [0.2, 0.25) is 0 Å². The molecule has 2 atom stereocenters. The van der Waals surface area contributed by atoms with Crippen molar-refractivity contribution >= 4 is 12.0 Å². The second kappa shape index (κ2) is 25.9. The number of unbranched alkanes of at least 4 members (excludes halogenated alkanes) is 12. The molecule has 0 aromatic heterocycles. The van der Waals surface area contributed by atoms with Crippen LogP contribution in [-0.4, -0.2) is 56.4 Å². The average molecular weight is 712 g/mol. The summed E-state index contributed by atoms with van der Waals surface area (Å²) in [5.41, 5.74) is 4.69. The number of fused-ring (bicyclic) bond motifs is 1. The SMILES string of the molecule is C=CC(=O)NCC(O)COCCCC1C(C(OCCCCCCCCCC(C)(C)C)OCCCCCCCCCC(C)(C)C)=Cc2ccccc21. The van der Waals surface area contributed by atoms with E-state index in [0.717, 1.165) is 25.7 Å². The van der Waals surface area contributed by atoms with E-state index in [9.17, 15) is 9.90 Å². The summed E-state index contributed by atoms with van der Waals surface area (Å²) in [5, 5.41) is 12.8. The first-order valence-electron chi connectivity index (χ1n) is 20.6. The maximum absolute atomic E-state index is 11.4. The lowest BCUT2D eigenvalue weighted by Gasteiger charge is -2.26. The van der Waals surface area contributed by atoms with Crippen molar-refractivity contribution in [2.24, 2.45) is 10.8 Å². The van der Waals surface area contributed by atoms with Crippen LogP contribution in [0.4, 0.5) is 0 Å². The first-order chi connectivity index (χ1) is 24.4. The zero-order valence-electron chi connectivity index (χ0n) is 33.7. The molecule has 292 valence electrons. The normalized spacial score (nSPS) is 15.2. The van der Waals surface area contributed by atoms with Gasteiger partial charge in [0.2, 0.25) is 5.91 Å². The van der Waals surface area contributed by atoms with Gasteiger partial charge in [0.25, 0.3) is 0 Å². The lowest BCUT2D eigenvalue weighted by atomic mass is 9.89. The van der Waals surface area contributed by atoms with Crippen molar-refractivity contribution in [1.29, 1.82) is 0 Å². The molecule has 1 aliphatic rings. The molecule has 1 aromatic carbocycles. The van der Waals surface area contributed by atoms with E-state index >= 15 is 0 Å². The molecule has 0 spiro atoms. The average Bonchev–Trinajstić information content (AvgIpc) is 3.44. The van der Waals surface area contributed by atoms with Gasteiger partial charge in [-0.3, -0.25) is 4.79 Å². The van der Waals surface area contributed by atoms with Crippen LogP contribution in [0.5, 0.6) is 0 Å². The van der Waals surface area contributed by atoms with Gasteiger partial charge in [-0.15, -0.1) is 0 Å². The third-order valence-corrected chi connectivity index (χ3v) is 9.84. The monoisotopic (exact) mass is 712 g/mol. The number of carbonyl (C=O) groups excluding carboxylic acids is 1. The highest BCUT2D eigenvalue weighted by Crippen LogP contribution is 2.42. The molecule has 2 N–H and O–H groups in total. The van der Waals surface area contributed by atoms with Crippen LogP contribution < -0.4 is 5.32 Å². The Kier molecular flexibility index (Phi) is 22.9. The van der Waals surface area contributed by atoms with Crippen LogP contribution in [0.15, 0.2) is 42.5 Å². The Hall–Kier alpha value is -1.99. The van der Waals surface area contributed by atoms with Gasteiger partial charge in [0, 0.05) is 19.1 Å². The molecule has 0 fully saturated rings. The number of ether oxygens (including phenoxy) is 3. The fourth-order valence-corrected chi connectivity index (χ4v) is 6.84. The molecule has 1 aliphatic carbocycles. The van der Waals surface area contributed by atoms with Crippen LogP contribution in [-0.2, 0) is 19.0 Å². The molecule has 6 heteroatoms. The lowest BCUT2D eigenvalue weighted by molar-refractivity contribution is -0.122. The van der Waals surface area contributed by atoms with Gasteiger partial charge < -0.3 is 24.6 Å². The zero-order chi connectivity index (χ0) is 37.4. The van der Waals surface area contributed by atoms with Crippen molar-refractivity contribution in [3.63, 3.8) is 0 Å². The van der Waals surface area contributed by atoms with E-state index in [2.05, 4.69) is 83.8 Å². The predicted molar refractivity (Wildman–Crippen MR) is 215 cm³/mol. The molecule has 1 amide bonds. The summed E-state index contributed by atoms with van der Waals surface area (Å²) in [4.78, 5) is 11.4. The Balaban J connectivity index is 1.86. The molecule has 51 heavy (non-hydrogen) atoms. The van der Waals surface area contributed by atoms with Gasteiger partial charge in [-0.1, -0.05) is 149 Å². The van der Waals surface area contributed by atoms with Gasteiger partial charge in [0.05, 0.1) is 25.9 Å². The van der Waals surface area contributed by atoms with E-state index in [1.54, 1.807) is 0 Å². The van der Waals surface area contributed by atoms with E-state index in [0.29, 0.717) is 30.7 Å². The minimum absolute atomic E-state index is 0.152. The number of aliphatic hydroxyl groups excluding tert-OH is 1. The van der Waals surface area contributed by atoms with Gasteiger partial charge >= 0.3 is 0 Å². The van der Waals surface area contributed by atoms with E-state index in [1.165, 1.54) is 113 Å². The van der Waals surface area contributed by atoms with Gasteiger partial charge in [0.15, 0.2) is 6.29 Å². The number of nitrogens with one attached hydrogen (secondary N) is 1. The number of amides is 1. The number of aliphatic hydroxyl groups is 1. The fourth-order valence-electron chi connectivity index (χ4n) is 6.84.